The van der Waals surface area contributed by atoms with E-state index in [1.165, 1.54) is 18.2 Å². The molecule has 5 heteroatoms. The van der Waals surface area contributed by atoms with Gasteiger partial charge in [0.25, 0.3) is 0 Å². The van der Waals surface area contributed by atoms with E-state index in [1.54, 1.807) is 24.1 Å². The Bertz CT molecular complexity index is 609. The highest BCUT2D eigenvalue weighted by atomic mass is 19.1. The predicted molar refractivity (Wildman–Crippen MR) is 65.1 cm³/mol. The first-order chi connectivity index (χ1) is 8.56. The van der Waals surface area contributed by atoms with Gasteiger partial charge in [-0.15, -0.1) is 0 Å². The third-order valence-electron chi connectivity index (χ3n) is 2.51. The lowest BCUT2D eigenvalue weighted by Crippen LogP contribution is -2.17. The summed E-state index contributed by atoms with van der Waals surface area (Å²) in [7, 11) is 1.75. The fourth-order valence-electron chi connectivity index (χ4n) is 1.57. The molecule has 1 aromatic heterocycles. The molecule has 1 heterocycles. The molecule has 0 spiro atoms. The zero-order valence-electron chi connectivity index (χ0n) is 9.76. The Morgan fingerprint density at radius 1 is 1.39 bits per heavy atom. The summed E-state index contributed by atoms with van der Waals surface area (Å²) in [5, 5.41) is 9.06. The van der Waals surface area contributed by atoms with Crippen molar-refractivity contribution in [2.45, 2.75) is 6.54 Å². The maximum absolute atomic E-state index is 13.1. The second-order valence-electron chi connectivity index (χ2n) is 3.93. The molecule has 1 aromatic carbocycles. The number of rotatable bonds is 3. The van der Waals surface area contributed by atoms with E-state index in [9.17, 15) is 9.18 Å². The summed E-state index contributed by atoms with van der Waals surface area (Å²) in [6.07, 6.45) is 0.997. The summed E-state index contributed by atoms with van der Waals surface area (Å²) in [6, 6.07) is 7.32. The summed E-state index contributed by atoms with van der Waals surface area (Å²) in [5.41, 5.74) is 0.176. The van der Waals surface area contributed by atoms with Crippen LogP contribution in [0.3, 0.4) is 0 Å². The molecule has 2 rings (SSSR count). The Kier molecular flexibility index (Phi) is 3.32. The van der Waals surface area contributed by atoms with E-state index >= 15 is 0 Å². The Labute approximate surface area is 103 Å². The van der Waals surface area contributed by atoms with E-state index < -0.39 is 11.2 Å². The van der Waals surface area contributed by atoms with Crippen LogP contribution in [0.4, 0.5) is 10.1 Å². The highest BCUT2D eigenvalue weighted by Crippen LogP contribution is 2.16. The van der Waals surface area contributed by atoms with Crippen molar-refractivity contribution < 1.29 is 13.9 Å². The first-order valence-corrected chi connectivity index (χ1v) is 5.33. The van der Waals surface area contributed by atoms with E-state index in [0.29, 0.717) is 18.0 Å². The summed E-state index contributed by atoms with van der Waals surface area (Å²) in [4.78, 5) is 13.0. The van der Waals surface area contributed by atoms with E-state index in [1.807, 2.05) is 0 Å². The van der Waals surface area contributed by atoms with Crippen LogP contribution in [0.5, 0.6) is 5.75 Å². The summed E-state index contributed by atoms with van der Waals surface area (Å²) < 4.78 is 18.1. The van der Waals surface area contributed by atoms with Crippen LogP contribution in [0.1, 0.15) is 5.76 Å². The topological polar surface area (TPSA) is 53.7 Å². The number of hydrogen-bond donors (Lipinski definition) is 1. The quantitative estimate of drug-likeness (QED) is 0.905. The zero-order valence-corrected chi connectivity index (χ0v) is 9.76. The minimum absolute atomic E-state index is 0.305. The molecule has 2 aromatic rings. The van der Waals surface area contributed by atoms with E-state index in [-0.39, 0.29) is 5.82 Å². The van der Waals surface area contributed by atoms with Crippen molar-refractivity contribution in [3.8, 4) is 5.75 Å². The molecule has 0 unspecified atom stereocenters. The van der Waals surface area contributed by atoms with Gasteiger partial charge >= 0.3 is 0 Å². The lowest BCUT2D eigenvalue weighted by molar-refractivity contribution is 0.412. The molecule has 0 amide bonds. The molecule has 0 aliphatic rings. The van der Waals surface area contributed by atoms with E-state index in [0.717, 1.165) is 6.26 Å². The molecule has 4 nitrogen and oxygen atoms in total. The van der Waals surface area contributed by atoms with Gasteiger partial charge in [-0.2, -0.15) is 0 Å². The average Bonchev–Trinajstić information content (AvgIpc) is 2.34. The average molecular weight is 249 g/mol. The summed E-state index contributed by atoms with van der Waals surface area (Å²) in [5.74, 6) is -0.358. The van der Waals surface area contributed by atoms with Gasteiger partial charge < -0.3 is 14.4 Å². The molecule has 0 saturated heterocycles. The number of aromatic hydroxyl groups is 1. The Morgan fingerprint density at radius 2 is 2.17 bits per heavy atom. The molecule has 0 atom stereocenters. The highest BCUT2D eigenvalue weighted by Gasteiger charge is 2.07. The number of halogens is 1. The molecule has 94 valence electrons. The standard InChI is InChI=1S/C13H12FNO3/c1-15(10-4-2-3-9(14)5-10)7-11-6-12(16)13(17)8-18-11/h2-6,8,17H,7H2,1H3. The minimum atomic E-state index is -0.496. The number of anilines is 1. The second-order valence-corrected chi connectivity index (χ2v) is 3.93. The van der Waals surface area contributed by atoms with Crippen molar-refractivity contribution in [1.82, 2.24) is 0 Å². The maximum atomic E-state index is 13.1. The smallest absolute Gasteiger partial charge is 0.226 e. The van der Waals surface area contributed by atoms with Crippen LogP contribution in [-0.2, 0) is 6.54 Å². The second kappa shape index (κ2) is 4.91. The lowest BCUT2D eigenvalue weighted by Gasteiger charge is -2.18. The first-order valence-electron chi connectivity index (χ1n) is 5.33. The fourth-order valence-corrected chi connectivity index (χ4v) is 1.57. The van der Waals surface area contributed by atoms with Gasteiger partial charge in [0, 0.05) is 18.8 Å². The molecular formula is C13H12FNO3. The van der Waals surface area contributed by atoms with Crippen molar-refractivity contribution >= 4 is 5.69 Å². The van der Waals surface area contributed by atoms with Crippen molar-refractivity contribution in [3.63, 3.8) is 0 Å². The van der Waals surface area contributed by atoms with Gasteiger partial charge in [-0.1, -0.05) is 6.07 Å². The number of nitrogens with zero attached hydrogens (tertiary/aromatic N) is 1. The van der Waals surface area contributed by atoms with Gasteiger partial charge in [-0.05, 0) is 18.2 Å². The maximum Gasteiger partial charge on any atom is 0.226 e. The molecule has 18 heavy (non-hydrogen) atoms. The van der Waals surface area contributed by atoms with E-state index in [4.69, 9.17) is 9.52 Å². The van der Waals surface area contributed by atoms with Gasteiger partial charge in [0.1, 0.15) is 17.8 Å². The Balaban J connectivity index is 2.18. The van der Waals surface area contributed by atoms with Crippen molar-refractivity contribution in [3.05, 3.63) is 58.4 Å². The van der Waals surface area contributed by atoms with Crippen LogP contribution in [0.2, 0.25) is 0 Å². The van der Waals surface area contributed by atoms with Gasteiger partial charge in [-0.3, -0.25) is 4.79 Å². The molecular weight excluding hydrogens is 237 g/mol. The molecule has 0 radical (unpaired) electrons. The number of hydrogen-bond acceptors (Lipinski definition) is 4. The van der Waals surface area contributed by atoms with Crippen LogP contribution in [0, 0.1) is 5.82 Å². The summed E-state index contributed by atoms with van der Waals surface area (Å²) >= 11 is 0. The monoisotopic (exact) mass is 249 g/mol. The van der Waals surface area contributed by atoms with Crippen molar-refractivity contribution in [2.75, 3.05) is 11.9 Å². The fraction of sp³-hybridized carbons (Fsp3) is 0.154. The van der Waals surface area contributed by atoms with Crippen LogP contribution in [0.15, 0.2) is 45.8 Å². The highest BCUT2D eigenvalue weighted by molar-refractivity contribution is 5.45. The van der Waals surface area contributed by atoms with Crippen LogP contribution >= 0.6 is 0 Å². The van der Waals surface area contributed by atoms with Gasteiger partial charge in [-0.25, -0.2) is 4.39 Å². The molecule has 0 aliphatic carbocycles. The largest absolute Gasteiger partial charge is 0.502 e. The zero-order chi connectivity index (χ0) is 13.1. The first kappa shape index (κ1) is 12.2. The Morgan fingerprint density at radius 3 is 2.83 bits per heavy atom. The van der Waals surface area contributed by atoms with Crippen molar-refractivity contribution in [2.24, 2.45) is 0 Å². The van der Waals surface area contributed by atoms with Gasteiger partial charge in [0.05, 0.1) is 6.54 Å². The SMILES string of the molecule is CN(Cc1cc(=O)c(O)co1)c1cccc(F)c1. The molecule has 0 saturated carbocycles. The van der Waals surface area contributed by atoms with Crippen LogP contribution in [0.25, 0.3) is 0 Å². The normalized spacial score (nSPS) is 10.3. The summed E-state index contributed by atoms with van der Waals surface area (Å²) in [6.45, 7) is 0.305. The van der Waals surface area contributed by atoms with Crippen LogP contribution in [-0.4, -0.2) is 12.2 Å². The molecule has 0 fully saturated rings. The third-order valence-corrected chi connectivity index (χ3v) is 2.51. The van der Waals surface area contributed by atoms with Gasteiger partial charge in [0.2, 0.25) is 5.43 Å². The van der Waals surface area contributed by atoms with E-state index in [2.05, 4.69) is 0 Å². The van der Waals surface area contributed by atoms with Crippen molar-refractivity contribution in [1.29, 1.82) is 0 Å². The predicted octanol–water partition coefficient (Wildman–Crippen LogP) is 2.12. The molecule has 1 N–H and O–H groups in total. The molecule has 0 aliphatic heterocycles. The number of benzene rings is 1. The van der Waals surface area contributed by atoms with Gasteiger partial charge in [0.15, 0.2) is 5.75 Å². The third kappa shape index (κ3) is 2.68. The molecule has 0 bridgehead atoms. The Hall–Kier alpha value is -2.30. The minimum Gasteiger partial charge on any atom is -0.502 e. The van der Waals surface area contributed by atoms with Crippen LogP contribution < -0.4 is 10.3 Å². The lowest BCUT2D eigenvalue weighted by atomic mass is 10.2.